The molecule has 0 radical (unpaired) electrons. The minimum Gasteiger partial charge on any atom is -0.465 e. The molecule has 0 heterocycles. The zero-order valence-corrected chi connectivity index (χ0v) is 12.0. The van der Waals surface area contributed by atoms with E-state index in [9.17, 15) is 9.69 Å². The van der Waals surface area contributed by atoms with Crippen LogP contribution in [-0.4, -0.2) is 30.2 Å². The second-order valence-electron chi connectivity index (χ2n) is 4.44. The van der Waals surface area contributed by atoms with Crippen LogP contribution in [0.2, 0.25) is 0 Å². The van der Waals surface area contributed by atoms with Gasteiger partial charge < -0.3 is 14.2 Å². The van der Waals surface area contributed by atoms with E-state index in [1.165, 1.54) is 0 Å². The number of ether oxygens (including phenoxy) is 1. The number of carbonyl (C=O) groups is 1. The molecule has 0 aliphatic heterocycles. The lowest BCUT2D eigenvalue weighted by atomic mass is 10.2. The summed E-state index contributed by atoms with van der Waals surface area (Å²) in [5.74, 6) is 0.182. The normalized spacial score (nSPS) is 12.8. The minimum absolute atomic E-state index is 0.185. The first-order valence-corrected chi connectivity index (χ1v) is 7.71. The molecule has 1 atom stereocenters. The van der Waals surface area contributed by atoms with Crippen molar-refractivity contribution in [1.82, 2.24) is 0 Å². The molecule has 0 aliphatic rings. The highest BCUT2D eigenvalue weighted by atomic mass is 31.2. The molecule has 0 amide bonds. The molecule has 0 aliphatic carbocycles. The van der Waals surface area contributed by atoms with Crippen LogP contribution in [0.15, 0.2) is 0 Å². The van der Waals surface area contributed by atoms with Crippen LogP contribution in [0.3, 0.4) is 0 Å². The maximum Gasteiger partial charge on any atom is 0.305 e. The van der Waals surface area contributed by atoms with Crippen LogP contribution < -0.4 is 0 Å². The number of hydrogen-bond donors (Lipinski definition) is 1. The first-order valence-electron chi connectivity index (χ1n) is 6.31. The first kappa shape index (κ1) is 16.8. The van der Waals surface area contributed by atoms with E-state index in [0.717, 1.165) is 12.8 Å². The topological polar surface area (TPSA) is 55.8 Å². The number of carbonyl (C=O) groups excluding carboxylic acids is 1. The fourth-order valence-corrected chi connectivity index (χ4v) is 1.97. The zero-order chi connectivity index (χ0) is 13.1. The fraction of sp³-hybridized carbons (Fsp3) is 0.917. The van der Waals surface area contributed by atoms with Crippen LogP contribution in [0.4, 0.5) is 0 Å². The van der Waals surface area contributed by atoms with E-state index in [-0.39, 0.29) is 5.97 Å². The van der Waals surface area contributed by atoms with Crippen molar-refractivity contribution in [3.8, 4) is 0 Å². The van der Waals surface area contributed by atoms with Gasteiger partial charge in [0.2, 0.25) is 0 Å². The summed E-state index contributed by atoms with van der Waals surface area (Å²) in [7, 11) is -1.35. The second kappa shape index (κ2) is 10.9. The summed E-state index contributed by atoms with van der Waals surface area (Å²) in [4.78, 5) is 20.7. The number of esters is 1. The van der Waals surface area contributed by atoms with Gasteiger partial charge in [0.1, 0.15) is 0 Å². The van der Waals surface area contributed by atoms with Crippen LogP contribution in [0.5, 0.6) is 0 Å². The smallest absolute Gasteiger partial charge is 0.305 e. The molecule has 1 N–H and O–H groups in total. The quantitative estimate of drug-likeness (QED) is 0.374. The van der Waals surface area contributed by atoms with Crippen molar-refractivity contribution in [1.29, 1.82) is 0 Å². The molecule has 17 heavy (non-hydrogen) atoms. The molecule has 0 rings (SSSR count). The van der Waals surface area contributed by atoms with Gasteiger partial charge in [-0.25, -0.2) is 0 Å². The molecule has 0 bridgehead atoms. The van der Waals surface area contributed by atoms with Gasteiger partial charge in [-0.05, 0) is 18.8 Å². The predicted molar refractivity (Wildman–Crippen MR) is 69.9 cm³/mol. The molecule has 0 saturated heterocycles. The third-order valence-electron chi connectivity index (χ3n) is 2.05. The van der Waals surface area contributed by atoms with E-state index in [1.54, 1.807) is 0 Å². The van der Waals surface area contributed by atoms with Gasteiger partial charge in [0, 0.05) is 12.6 Å². The molecule has 0 aromatic carbocycles. The summed E-state index contributed by atoms with van der Waals surface area (Å²) >= 11 is 0. The fourth-order valence-electron chi connectivity index (χ4n) is 1.07. The third-order valence-corrected chi connectivity index (χ3v) is 3.23. The average Bonchev–Trinajstić information content (AvgIpc) is 2.27. The Morgan fingerprint density at radius 3 is 2.65 bits per heavy atom. The van der Waals surface area contributed by atoms with Gasteiger partial charge in [-0.2, -0.15) is 0 Å². The lowest BCUT2D eigenvalue weighted by Gasteiger charge is -2.10. The minimum atomic E-state index is -1.35. The Kier molecular flexibility index (Phi) is 10.8. The Hall–Kier alpha value is -0.180. The summed E-state index contributed by atoms with van der Waals surface area (Å²) in [6.07, 6.45) is 3.57. The van der Waals surface area contributed by atoms with Crippen molar-refractivity contribution in [3.63, 3.8) is 0 Å². The predicted octanol–water partition coefficient (Wildman–Crippen LogP) is 3.09. The van der Waals surface area contributed by atoms with E-state index in [0.29, 0.717) is 38.1 Å². The summed E-state index contributed by atoms with van der Waals surface area (Å²) in [5.41, 5.74) is 0. The maximum atomic E-state index is 11.3. The van der Waals surface area contributed by atoms with Gasteiger partial charge in [0.15, 0.2) is 8.38 Å². The molecule has 5 heteroatoms. The first-order chi connectivity index (χ1) is 8.06. The highest BCUT2D eigenvalue weighted by Gasteiger charge is 2.08. The van der Waals surface area contributed by atoms with E-state index in [4.69, 9.17) is 9.26 Å². The van der Waals surface area contributed by atoms with Crippen LogP contribution in [-0.2, 0) is 14.1 Å². The lowest BCUT2D eigenvalue weighted by molar-refractivity contribution is -0.144. The molecule has 102 valence electrons. The Bertz CT molecular complexity index is 197. The standard InChI is InChI=1S/C12H25O4P/c1-4-5-8-16-17(14)9-6-7-12(13)15-10-11(2)3/h11,14H,4-10H2,1-3H3. The molecule has 0 spiro atoms. The van der Waals surface area contributed by atoms with Crippen molar-refractivity contribution in [2.24, 2.45) is 5.92 Å². The average molecular weight is 264 g/mol. The Balaban J connectivity index is 3.39. The van der Waals surface area contributed by atoms with Gasteiger partial charge >= 0.3 is 5.97 Å². The lowest BCUT2D eigenvalue weighted by Crippen LogP contribution is -2.10. The van der Waals surface area contributed by atoms with Gasteiger partial charge in [0.25, 0.3) is 0 Å². The van der Waals surface area contributed by atoms with E-state index in [1.807, 2.05) is 13.8 Å². The molecular formula is C12H25O4P. The Labute approximate surface area is 106 Å². The summed E-state index contributed by atoms with van der Waals surface area (Å²) in [6.45, 7) is 7.16. The molecule has 0 aromatic heterocycles. The van der Waals surface area contributed by atoms with Gasteiger partial charge in [0.05, 0.1) is 13.2 Å². The molecule has 4 nitrogen and oxygen atoms in total. The Morgan fingerprint density at radius 2 is 2.06 bits per heavy atom. The highest BCUT2D eigenvalue weighted by Crippen LogP contribution is 2.32. The highest BCUT2D eigenvalue weighted by molar-refractivity contribution is 7.46. The molecule has 0 fully saturated rings. The number of rotatable bonds is 10. The number of hydrogen-bond acceptors (Lipinski definition) is 4. The summed E-state index contributed by atoms with van der Waals surface area (Å²) in [6, 6.07) is 0. The largest absolute Gasteiger partial charge is 0.465 e. The molecule has 1 unspecified atom stereocenters. The van der Waals surface area contributed by atoms with E-state index >= 15 is 0 Å². The summed E-state index contributed by atoms with van der Waals surface area (Å²) < 4.78 is 10.3. The van der Waals surface area contributed by atoms with E-state index in [2.05, 4.69) is 6.92 Å². The zero-order valence-electron chi connectivity index (χ0n) is 11.1. The maximum absolute atomic E-state index is 11.3. The summed E-state index contributed by atoms with van der Waals surface area (Å²) in [5, 5.41) is 0. The van der Waals surface area contributed by atoms with Crippen molar-refractivity contribution in [2.45, 2.75) is 46.5 Å². The van der Waals surface area contributed by atoms with Gasteiger partial charge in [-0.15, -0.1) is 0 Å². The van der Waals surface area contributed by atoms with Crippen molar-refractivity contribution in [2.75, 3.05) is 19.4 Å². The second-order valence-corrected chi connectivity index (χ2v) is 5.85. The van der Waals surface area contributed by atoms with Gasteiger partial charge in [-0.1, -0.05) is 27.2 Å². The van der Waals surface area contributed by atoms with Crippen molar-refractivity contribution >= 4 is 14.3 Å². The molecular weight excluding hydrogens is 239 g/mol. The van der Waals surface area contributed by atoms with Crippen molar-refractivity contribution < 1.29 is 18.9 Å². The van der Waals surface area contributed by atoms with Crippen LogP contribution in [0, 0.1) is 5.92 Å². The Morgan fingerprint density at radius 1 is 1.35 bits per heavy atom. The molecule has 0 aromatic rings. The molecule has 0 saturated carbocycles. The third kappa shape index (κ3) is 12.1. The van der Waals surface area contributed by atoms with Crippen LogP contribution >= 0.6 is 8.38 Å². The van der Waals surface area contributed by atoms with Gasteiger partial charge in [-0.3, -0.25) is 4.79 Å². The SMILES string of the molecule is CCCCOP(O)CCCC(=O)OCC(C)C. The van der Waals surface area contributed by atoms with E-state index < -0.39 is 8.38 Å². The van der Waals surface area contributed by atoms with Crippen LogP contribution in [0.25, 0.3) is 0 Å². The number of unbranched alkanes of at least 4 members (excludes halogenated alkanes) is 1. The monoisotopic (exact) mass is 264 g/mol. The van der Waals surface area contributed by atoms with Crippen LogP contribution in [0.1, 0.15) is 46.5 Å². The van der Waals surface area contributed by atoms with Crippen molar-refractivity contribution in [3.05, 3.63) is 0 Å².